The van der Waals surface area contributed by atoms with E-state index in [4.69, 9.17) is 11.6 Å². The van der Waals surface area contributed by atoms with Gasteiger partial charge in [0.25, 0.3) is 0 Å². The van der Waals surface area contributed by atoms with Crippen molar-refractivity contribution in [1.29, 1.82) is 0 Å². The first kappa shape index (κ1) is 13.9. The van der Waals surface area contributed by atoms with Crippen molar-refractivity contribution in [3.8, 4) is 0 Å². The van der Waals surface area contributed by atoms with Crippen molar-refractivity contribution in [1.82, 2.24) is 4.98 Å². The monoisotopic (exact) mass is 292 g/mol. The molecule has 0 aromatic carbocycles. The second-order valence-corrected chi connectivity index (χ2v) is 6.57. The largest absolute Gasteiger partial charge is 0.323 e. The van der Waals surface area contributed by atoms with E-state index in [1.807, 2.05) is 0 Å². The highest BCUT2D eigenvalue weighted by molar-refractivity contribution is 6.33. The van der Waals surface area contributed by atoms with Gasteiger partial charge in [0.15, 0.2) is 0 Å². The van der Waals surface area contributed by atoms with Crippen LogP contribution < -0.4 is 5.32 Å². The minimum atomic E-state index is 0.115. The van der Waals surface area contributed by atoms with Crippen molar-refractivity contribution in [3.05, 3.63) is 23.5 Å². The molecular weight excluding hydrogens is 272 g/mol. The first-order chi connectivity index (χ1) is 9.74. The van der Waals surface area contributed by atoms with Gasteiger partial charge in [0.1, 0.15) is 0 Å². The molecule has 0 spiro atoms. The molecule has 2 fully saturated rings. The zero-order chi connectivity index (χ0) is 13.9. The molecule has 1 N–H and O–H groups in total. The minimum Gasteiger partial charge on any atom is -0.323 e. The molecule has 0 aliphatic heterocycles. The Morgan fingerprint density at radius 2 is 2.00 bits per heavy atom. The third-order valence-electron chi connectivity index (χ3n) is 4.94. The summed E-state index contributed by atoms with van der Waals surface area (Å²) in [5.74, 6) is 1.89. The summed E-state index contributed by atoms with van der Waals surface area (Å²) < 4.78 is 0. The standard InChI is InChI=1S/C16H21ClN2O/c17-14-7-8-18-10-15(14)19-16(20)13-6-5-11-3-1-2-4-12(11)9-13/h7-8,10-13H,1-6,9H2,(H,19,20). The number of hydrogen-bond donors (Lipinski definition) is 1. The summed E-state index contributed by atoms with van der Waals surface area (Å²) >= 11 is 6.06. The van der Waals surface area contributed by atoms with Crippen LogP contribution in [0.5, 0.6) is 0 Å². The van der Waals surface area contributed by atoms with Crippen molar-refractivity contribution in [2.45, 2.75) is 44.9 Å². The van der Waals surface area contributed by atoms with Gasteiger partial charge in [-0.05, 0) is 37.2 Å². The van der Waals surface area contributed by atoms with Gasteiger partial charge >= 0.3 is 0 Å². The molecule has 0 saturated heterocycles. The van der Waals surface area contributed by atoms with Crippen molar-refractivity contribution in [3.63, 3.8) is 0 Å². The molecular formula is C16H21ClN2O. The highest BCUT2D eigenvalue weighted by Gasteiger charge is 2.35. The van der Waals surface area contributed by atoms with Gasteiger partial charge in [0.2, 0.25) is 5.91 Å². The first-order valence-corrected chi connectivity index (χ1v) is 8.02. The summed E-state index contributed by atoms with van der Waals surface area (Å²) in [6.07, 6.45) is 11.9. The maximum Gasteiger partial charge on any atom is 0.227 e. The smallest absolute Gasteiger partial charge is 0.227 e. The number of aromatic nitrogens is 1. The summed E-state index contributed by atoms with van der Waals surface area (Å²) in [6.45, 7) is 0. The van der Waals surface area contributed by atoms with E-state index in [9.17, 15) is 4.79 Å². The zero-order valence-electron chi connectivity index (χ0n) is 11.6. The molecule has 2 aliphatic rings. The Hall–Kier alpha value is -1.09. The van der Waals surface area contributed by atoms with Crippen molar-refractivity contribution in [2.24, 2.45) is 17.8 Å². The number of fused-ring (bicyclic) bond motifs is 1. The molecule has 2 aliphatic carbocycles. The number of amides is 1. The third-order valence-corrected chi connectivity index (χ3v) is 5.27. The van der Waals surface area contributed by atoms with Crippen LogP contribution in [-0.4, -0.2) is 10.9 Å². The Kier molecular flexibility index (Phi) is 4.25. The summed E-state index contributed by atoms with van der Waals surface area (Å²) in [5, 5.41) is 3.50. The van der Waals surface area contributed by atoms with Crippen LogP contribution in [0.25, 0.3) is 0 Å². The lowest BCUT2D eigenvalue weighted by Crippen LogP contribution is -2.33. The summed E-state index contributed by atoms with van der Waals surface area (Å²) in [7, 11) is 0. The van der Waals surface area contributed by atoms with Gasteiger partial charge in [-0.2, -0.15) is 0 Å². The summed E-state index contributed by atoms with van der Waals surface area (Å²) in [5.41, 5.74) is 0.630. The molecule has 3 nitrogen and oxygen atoms in total. The van der Waals surface area contributed by atoms with Gasteiger partial charge < -0.3 is 5.32 Å². The number of nitrogens with zero attached hydrogens (tertiary/aromatic N) is 1. The first-order valence-electron chi connectivity index (χ1n) is 7.64. The second kappa shape index (κ2) is 6.13. The van der Waals surface area contributed by atoms with Gasteiger partial charge in [-0.25, -0.2) is 0 Å². The van der Waals surface area contributed by atoms with Crippen molar-refractivity contribution >= 4 is 23.2 Å². The van der Waals surface area contributed by atoms with Gasteiger partial charge in [0, 0.05) is 12.1 Å². The molecule has 20 heavy (non-hydrogen) atoms. The second-order valence-electron chi connectivity index (χ2n) is 6.16. The lowest BCUT2D eigenvalue weighted by atomic mass is 9.67. The van der Waals surface area contributed by atoms with Crippen LogP contribution in [0.15, 0.2) is 18.5 Å². The molecule has 3 rings (SSSR count). The highest BCUT2D eigenvalue weighted by Crippen LogP contribution is 2.43. The molecule has 108 valence electrons. The van der Waals surface area contributed by atoms with E-state index in [0.29, 0.717) is 10.7 Å². The van der Waals surface area contributed by atoms with E-state index in [1.165, 1.54) is 32.1 Å². The fourth-order valence-electron chi connectivity index (χ4n) is 3.82. The van der Waals surface area contributed by atoms with Crippen molar-refractivity contribution < 1.29 is 4.79 Å². The number of anilines is 1. The number of halogens is 1. The molecule has 0 bridgehead atoms. The topological polar surface area (TPSA) is 42.0 Å². The number of carbonyl (C=O) groups excluding carboxylic acids is 1. The van der Waals surface area contributed by atoms with Crippen LogP contribution >= 0.6 is 11.6 Å². The maximum absolute atomic E-state index is 12.4. The molecule has 0 radical (unpaired) electrons. The molecule has 2 saturated carbocycles. The van der Waals surface area contributed by atoms with Crippen LogP contribution in [0, 0.1) is 17.8 Å². The quantitative estimate of drug-likeness (QED) is 0.884. The van der Waals surface area contributed by atoms with Crippen LogP contribution in [0.4, 0.5) is 5.69 Å². The van der Waals surface area contributed by atoms with E-state index in [2.05, 4.69) is 10.3 Å². The van der Waals surface area contributed by atoms with Crippen molar-refractivity contribution in [2.75, 3.05) is 5.32 Å². The van der Waals surface area contributed by atoms with Crippen LogP contribution in [0.1, 0.15) is 44.9 Å². The van der Waals surface area contributed by atoms with Gasteiger partial charge in [0.05, 0.1) is 16.9 Å². The van der Waals surface area contributed by atoms with Gasteiger partial charge in [-0.3, -0.25) is 9.78 Å². The molecule has 1 amide bonds. The van der Waals surface area contributed by atoms with E-state index in [-0.39, 0.29) is 11.8 Å². The zero-order valence-corrected chi connectivity index (χ0v) is 12.4. The Morgan fingerprint density at radius 3 is 2.80 bits per heavy atom. The Labute approximate surface area is 125 Å². The number of nitrogens with one attached hydrogen (secondary N) is 1. The molecule has 1 aromatic rings. The third kappa shape index (κ3) is 2.98. The number of hydrogen-bond acceptors (Lipinski definition) is 2. The van der Waals surface area contributed by atoms with Crippen LogP contribution in [-0.2, 0) is 4.79 Å². The Bertz CT molecular complexity index is 491. The summed E-state index contributed by atoms with van der Waals surface area (Å²) in [6, 6.07) is 1.70. The average Bonchev–Trinajstić information content (AvgIpc) is 2.49. The normalized spacial score (nSPS) is 29.6. The van der Waals surface area contributed by atoms with E-state index < -0.39 is 0 Å². The van der Waals surface area contributed by atoms with E-state index in [0.717, 1.165) is 24.7 Å². The maximum atomic E-state index is 12.4. The lowest BCUT2D eigenvalue weighted by molar-refractivity contribution is -0.122. The molecule has 4 heteroatoms. The number of pyridine rings is 1. The fourth-order valence-corrected chi connectivity index (χ4v) is 3.97. The fraction of sp³-hybridized carbons (Fsp3) is 0.625. The number of carbonyl (C=O) groups is 1. The Balaban J connectivity index is 1.62. The molecule has 3 unspecified atom stereocenters. The predicted molar refractivity (Wildman–Crippen MR) is 80.7 cm³/mol. The lowest BCUT2D eigenvalue weighted by Gasteiger charge is -2.38. The van der Waals surface area contributed by atoms with Gasteiger partial charge in [-0.1, -0.05) is 37.3 Å². The Morgan fingerprint density at radius 1 is 1.20 bits per heavy atom. The molecule has 3 atom stereocenters. The van der Waals surface area contributed by atoms with E-state index >= 15 is 0 Å². The average molecular weight is 293 g/mol. The SMILES string of the molecule is O=C(Nc1cnccc1Cl)C1CCC2CCCCC2C1. The van der Waals surface area contributed by atoms with Gasteiger partial charge in [-0.15, -0.1) is 0 Å². The predicted octanol–water partition coefficient (Wildman–Crippen LogP) is 4.28. The summed E-state index contributed by atoms with van der Waals surface area (Å²) in [4.78, 5) is 16.4. The number of rotatable bonds is 2. The van der Waals surface area contributed by atoms with Crippen LogP contribution in [0.3, 0.4) is 0 Å². The highest BCUT2D eigenvalue weighted by atomic mass is 35.5. The molecule has 1 heterocycles. The van der Waals surface area contributed by atoms with E-state index in [1.54, 1.807) is 18.5 Å². The molecule has 1 aromatic heterocycles. The minimum absolute atomic E-state index is 0.115. The van der Waals surface area contributed by atoms with Crippen LogP contribution in [0.2, 0.25) is 5.02 Å².